The van der Waals surface area contributed by atoms with Gasteiger partial charge in [-0.2, -0.15) is 13.2 Å². The number of carboxylic acid groups (broad SMARTS) is 1. The summed E-state index contributed by atoms with van der Waals surface area (Å²) < 4.78 is 31.5. The number of hydrogen-bond acceptors (Lipinski definition) is 2. The number of halogens is 3. The maximum absolute atomic E-state index is 10.5. The van der Waals surface area contributed by atoms with Crippen molar-refractivity contribution in [3.8, 4) is 0 Å². The third kappa shape index (κ3) is 4.17. The van der Waals surface area contributed by atoms with Crippen LogP contribution in [0.5, 0.6) is 0 Å². The number of carbonyl (C=O) groups is 1. The van der Waals surface area contributed by atoms with Crippen LogP contribution in [-0.4, -0.2) is 12.1 Å². The minimum atomic E-state index is -5.19. The van der Waals surface area contributed by atoms with E-state index in [0.29, 0.717) is 0 Å². The number of carboxylic acids is 1. The van der Waals surface area contributed by atoms with Gasteiger partial charge in [0, 0.05) is 0 Å². The van der Waals surface area contributed by atoms with Crippen LogP contribution in [0, 0.1) is 0 Å². The molecule has 0 atom stereocenters. The van der Waals surface area contributed by atoms with Crippen molar-refractivity contribution in [2.45, 2.75) is 6.18 Å². The summed E-state index contributed by atoms with van der Waals surface area (Å²) in [7, 11) is 0. The second-order valence-corrected chi connectivity index (χ2v) is 0.785. The molecular formula is C2AuF3O2. The molecule has 0 bridgehead atoms. The molecule has 0 aliphatic heterocycles. The zero-order valence-electron chi connectivity index (χ0n) is 3.25. The monoisotopic (exact) mass is 310 g/mol. The fourth-order valence-corrected chi connectivity index (χ4v) is 0. The van der Waals surface area contributed by atoms with Gasteiger partial charge in [-0.15, -0.1) is 0 Å². The molecule has 0 aliphatic carbocycles. The van der Waals surface area contributed by atoms with E-state index < -0.39 is 12.1 Å². The Kier molecular flexibility index (Phi) is 4.23. The van der Waals surface area contributed by atoms with Crippen molar-refractivity contribution < 1.29 is 45.5 Å². The topological polar surface area (TPSA) is 40.1 Å². The van der Waals surface area contributed by atoms with Gasteiger partial charge in [-0.3, -0.25) is 0 Å². The fraction of sp³-hybridized carbons (Fsp3) is 0.500. The van der Waals surface area contributed by atoms with Crippen molar-refractivity contribution in [2.24, 2.45) is 0 Å². The Hall–Kier alpha value is 0.000260. The predicted molar refractivity (Wildman–Crippen MR) is 11.1 cm³/mol. The molecule has 0 aromatic heterocycles. The summed E-state index contributed by atoms with van der Waals surface area (Å²) in [6.45, 7) is 0. The number of alkyl halides is 3. The summed E-state index contributed by atoms with van der Waals surface area (Å²) in [5, 5.41) is 8.78. The maximum Gasteiger partial charge on any atom is 1.00 e. The molecule has 0 spiro atoms. The first kappa shape index (κ1) is 10.9. The first-order chi connectivity index (χ1) is 2.94. The Bertz CT molecular complexity index is 87.8. The molecule has 0 unspecified atom stereocenters. The van der Waals surface area contributed by atoms with E-state index in [0.717, 1.165) is 0 Å². The van der Waals surface area contributed by atoms with Gasteiger partial charge in [-0.05, 0) is 0 Å². The van der Waals surface area contributed by atoms with Gasteiger partial charge in [0.1, 0.15) is 5.97 Å². The molecule has 0 rings (SSSR count). The number of hydrogen-bond donors (Lipinski definition) is 0. The summed E-state index contributed by atoms with van der Waals surface area (Å²) in [5.74, 6) is -3.01. The van der Waals surface area contributed by atoms with Gasteiger partial charge in [-0.25, -0.2) is 0 Å². The molecule has 8 heavy (non-hydrogen) atoms. The van der Waals surface area contributed by atoms with Crippen LogP contribution in [0.25, 0.3) is 0 Å². The van der Waals surface area contributed by atoms with Gasteiger partial charge >= 0.3 is 28.6 Å². The van der Waals surface area contributed by atoms with Crippen LogP contribution in [0.1, 0.15) is 0 Å². The second kappa shape index (κ2) is 3.11. The zero-order valence-corrected chi connectivity index (χ0v) is 5.42. The fourth-order valence-electron chi connectivity index (χ4n) is 0. The van der Waals surface area contributed by atoms with E-state index in [-0.39, 0.29) is 22.4 Å². The Morgan fingerprint density at radius 3 is 1.50 bits per heavy atom. The minimum absolute atomic E-state index is 0. The Balaban J connectivity index is 0. The molecule has 0 aromatic rings. The molecule has 0 aromatic carbocycles. The van der Waals surface area contributed by atoms with E-state index in [4.69, 9.17) is 9.90 Å². The molecule has 0 aliphatic rings. The Morgan fingerprint density at radius 2 is 1.50 bits per heavy atom. The van der Waals surface area contributed by atoms with Crippen LogP contribution in [0.4, 0.5) is 13.2 Å². The number of carbonyl (C=O) groups excluding carboxylic acids is 1. The van der Waals surface area contributed by atoms with Crippen molar-refractivity contribution in [3.63, 3.8) is 0 Å². The molecule has 0 heterocycles. The third-order valence-electron chi connectivity index (χ3n) is 0.231. The van der Waals surface area contributed by atoms with Crippen molar-refractivity contribution in [1.29, 1.82) is 0 Å². The van der Waals surface area contributed by atoms with Crippen molar-refractivity contribution in [1.82, 2.24) is 0 Å². The van der Waals surface area contributed by atoms with Gasteiger partial charge in [0.15, 0.2) is 0 Å². The quantitative estimate of drug-likeness (QED) is 0.555. The molecule has 0 saturated carbocycles. The Labute approximate surface area is 58.2 Å². The van der Waals surface area contributed by atoms with Crippen molar-refractivity contribution in [3.05, 3.63) is 0 Å². The van der Waals surface area contributed by atoms with Gasteiger partial charge in [0.2, 0.25) is 0 Å². The smallest absolute Gasteiger partial charge is 0.542 e. The average Bonchev–Trinajstić information content (AvgIpc) is 1.31. The van der Waals surface area contributed by atoms with Crippen molar-refractivity contribution in [2.75, 3.05) is 0 Å². The van der Waals surface area contributed by atoms with Crippen LogP contribution in [0.2, 0.25) is 0 Å². The van der Waals surface area contributed by atoms with Crippen LogP contribution in [0.3, 0.4) is 0 Å². The van der Waals surface area contributed by atoms with Gasteiger partial charge in [0.05, 0.1) is 0 Å². The van der Waals surface area contributed by atoms with Crippen LogP contribution in [0.15, 0.2) is 0 Å². The molecule has 0 amide bonds. The first-order valence-corrected chi connectivity index (χ1v) is 1.23. The Morgan fingerprint density at radius 1 is 1.38 bits per heavy atom. The van der Waals surface area contributed by atoms with Crippen LogP contribution in [-0.2, 0) is 27.2 Å². The van der Waals surface area contributed by atoms with E-state index >= 15 is 0 Å². The number of rotatable bonds is 0. The molecule has 0 N–H and O–H groups in total. The van der Waals surface area contributed by atoms with Gasteiger partial charge in [0.25, 0.3) is 0 Å². The van der Waals surface area contributed by atoms with Crippen LogP contribution < -0.4 is 5.11 Å². The van der Waals surface area contributed by atoms with E-state index in [2.05, 4.69) is 0 Å². The standard InChI is InChI=1S/C2HF3O2.Au/c3-2(4,5)1(6)7;/h(H,6,7);/q;+1/p-1. The molecule has 0 fully saturated rings. The van der Waals surface area contributed by atoms with Crippen molar-refractivity contribution >= 4 is 5.97 Å². The van der Waals surface area contributed by atoms with Gasteiger partial charge in [-0.1, -0.05) is 0 Å². The normalized spacial score (nSPS) is 9.88. The van der Waals surface area contributed by atoms with E-state index in [9.17, 15) is 13.2 Å². The van der Waals surface area contributed by atoms with E-state index in [1.807, 2.05) is 0 Å². The summed E-state index contributed by atoms with van der Waals surface area (Å²) in [6.07, 6.45) is -5.19. The zero-order chi connectivity index (χ0) is 6.08. The summed E-state index contributed by atoms with van der Waals surface area (Å²) in [6, 6.07) is 0. The van der Waals surface area contributed by atoms with E-state index in [1.54, 1.807) is 0 Å². The molecular weight excluding hydrogens is 310 g/mol. The predicted octanol–water partition coefficient (Wildman–Crippen LogP) is -0.704. The SMILES string of the molecule is O=C([O-])C(F)(F)F.[Au+]. The first-order valence-electron chi connectivity index (χ1n) is 1.23. The third-order valence-corrected chi connectivity index (χ3v) is 0.231. The maximum atomic E-state index is 10.5. The summed E-state index contributed by atoms with van der Waals surface area (Å²) in [4.78, 5) is 8.78. The molecule has 6 heteroatoms. The number of aliphatic carboxylic acids is 1. The molecule has 0 radical (unpaired) electrons. The summed E-state index contributed by atoms with van der Waals surface area (Å²) >= 11 is 0. The largest absolute Gasteiger partial charge is 1.00 e. The average molecular weight is 310 g/mol. The van der Waals surface area contributed by atoms with Crippen LogP contribution >= 0.6 is 0 Å². The molecule has 52 valence electrons. The van der Waals surface area contributed by atoms with E-state index in [1.165, 1.54) is 0 Å². The molecule has 2 nitrogen and oxygen atoms in total. The minimum Gasteiger partial charge on any atom is -0.542 e. The second-order valence-electron chi connectivity index (χ2n) is 0.785. The van der Waals surface area contributed by atoms with Gasteiger partial charge < -0.3 is 9.90 Å². The molecule has 0 saturated heterocycles. The summed E-state index contributed by atoms with van der Waals surface area (Å²) in [5.41, 5.74) is 0.